The van der Waals surface area contributed by atoms with Gasteiger partial charge in [0.1, 0.15) is 5.60 Å². The van der Waals surface area contributed by atoms with Crippen molar-refractivity contribution in [2.75, 3.05) is 0 Å². The average molecular weight is 380 g/mol. The number of hydrogen-bond acceptors (Lipinski definition) is 6. The molecular formula is C19H22ClNO5. The zero-order valence-electron chi connectivity index (χ0n) is 14.5. The molecule has 2 aliphatic rings. The van der Waals surface area contributed by atoms with Crippen LogP contribution >= 0.6 is 11.6 Å². The van der Waals surface area contributed by atoms with Crippen LogP contribution in [0.5, 0.6) is 0 Å². The third-order valence-corrected chi connectivity index (χ3v) is 5.57. The standard InChI is InChI=1S/C19H22ClNO5/c1-18(24,17-25-15(22)7-8-16(23)26-17)11-14(21)19(9-2-10-19)12-3-5-13(20)6-4-12/h3-8,14,17,24H,2,9-11,21H2,1H3. The first-order valence-electron chi connectivity index (χ1n) is 8.56. The van der Waals surface area contributed by atoms with Gasteiger partial charge in [0.15, 0.2) is 0 Å². The van der Waals surface area contributed by atoms with Crippen LogP contribution in [0.2, 0.25) is 5.02 Å². The van der Waals surface area contributed by atoms with Crippen molar-refractivity contribution in [1.82, 2.24) is 0 Å². The third-order valence-electron chi connectivity index (χ3n) is 5.32. The van der Waals surface area contributed by atoms with E-state index >= 15 is 0 Å². The third kappa shape index (κ3) is 3.63. The minimum atomic E-state index is -1.62. The summed E-state index contributed by atoms with van der Waals surface area (Å²) in [5.41, 5.74) is 5.65. The van der Waals surface area contributed by atoms with E-state index in [0.717, 1.165) is 37.0 Å². The smallest absolute Gasteiger partial charge is 0.334 e. The SMILES string of the molecule is CC(O)(CC(N)C1(c2ccc(Cl)cc2)CCC1)C1OC(=O)C=CC(=O)O1. The number of hydrogen-bond donors (Lipinski definition) is 2. The molecule has 0 radical (unpaired) electrons. The fourth-order valence-electron chi connectivity index (χ4n) is 3.65. The molecule has 140 valence electrons. The predicted octanol–water partition coefficient (Wildman–Crippen LogP) is 2.21. The predicted molar refractivity (Wildman–Crippen MR) is 95.3 cm³/mol. The zero-order valence-corrected chi connectivity index (χ0v) is 15.2. The van der Waals surface area contributed by atoms with Gasteiger partial charge >= 0.3 is 11.9 Å². The Hall–Kier alpha value is -1.89. The van der Waals surface area contributed by atoms with E-state index in [4.69, 9.17) is 26.8 Å². The van der Waals surface area contributed by atoms with E-state index in [1.54, 1.807) is 0 Å². The summed E-state index contributed by atoms with van der Waals surface area (Å²) in [6, 6.07) is 7.13. The van der Waals surface area contributed by atoms with Crippen LogP contribution in [0.4, 0.5) is 0 Å². The number of rotatable bonds is 5. The molecule has 1 aliphatic carbocycles. The first kappa shape index (κ1) is 18.9. The van der Waals surface area contributed by atoms with Gasteiger partial charge < -0.3 is 20.3 Å². The molecule has 1 saturated carbocycles. The van der Waals surface area contributed by atoms with Crippen molar-refractivity contribution < 1.29 is 24.2 Å². The molecule has 3 rings (SSSR count). The highest BCUT2D eigenvalue weighted by Gasteiger charge is 2.49. The first-order valence-corrected chi connectivity index (χ1v) is 8.94. The van der Waals surface area contributed by atoms with Crippen molar-refractivity contribution in [3.8, 4) is 0 Å². The van der Waals surface area contributed by atoms with Crippen molar-refractivity contribution in [3.63, 3.8) is 0 Å². The quantitative estimate of drug-likeness (QED) is 0.761. The molecule has 1 aromatic rings. The van der Waals surface area contributed by atoms with Gasteiger partial charge in [-0.2, -0.15) is 0 Å². The lowest BCUT2D eigenvalue weighted by Gasteiger charge is -2.49. The molecule has 2 atom stereocenters. The van der Waals surface area contributed by atoms with Gasteiger partial charge in [0.25, 0.3) is 6.29 Å². The summed E-state index contributed by atoms with van der Waals surface area (Å²) in [5, 5.41) is 11.5. The van der Waals surface area contributed by atoms with Gasteiger partial charge in [-0.15, -0.1) is 0 Å². The van der Waals surface area contributed by atoms with Crippen molar-refractivity contribution in [2.45, 2.75) is 56.0 Å². The topological polar surface area (TPSA) is 98.9 Å². The van der Waals surface area contributed by atoms with E-state index in [1.165, 1.54) is 6.92 Å². The molecule has 3 N–H and O–H groups in total. The molecule has 0 spiro atoms. The molecule has 2 unspecified atom stereocenters. The summed E-state index contributed by atoms with van der Waals surface area (Å²) >= 11 is 5.98. The number of cyclic esters (lactones) is 2. The Morgan fingerprint density at radius 3 is 2.23 bits per heavy atom. The van der Waals surface area contributed by atoms with E-state index in [1.807, 2.05) is 24.3 Å². The maximum atomic E-state index is 11.6. The summed E-state index contributed by atoms with van der Waals surface area (Å²) in [4.78, 5) is 23.2. The Kier molecular flexibility index (Phi) is 5.10. The Morgan fingerprint density at radius 2 is 1.77 bits per heavy atom. The van der Waals surface area contributed by atoms with E-state index < -0.39 is 29.9 Å². The van der Waals surface area contributed by atoms with E-state index in [9.17, 15) is 14.7 Å². The summed E-state index contributed by atoms with van der Waals surface area (Å²) in [6.07, 6.45) is 3.44. The summed E-state index contributed by atoms with van der Waals surface area (Å²) < 4.78 is 10.1. The van der Waals surface area contributed by atoms with Crippen LogP contribution in [0.1, 0.15) is 38.2 Å². The number of nitrogens with two attached hydrogens (primary N) is 1. The molecule has 6 nitrogen and oxygen atoms in total. The molecule has 26 heavy (non-hydrogen) atoms. The second-order valence-corrected chi connectivity index (χ2v) is 7.66. The average Bonchev–Trinajstić information content (AvgIpc) is 2.69. The minimum absolute atomic E-state index is 0.0981. The van der Waals surface area contributed by atoms with E-state index in [0.29, 0.717) is 5.02 Å². The van der Waals surface area contributed by atoms with Gasteiger partial charge in [-0.25, -0.2) is 9.59 Å². The van der Waals surface area contributed by atoms with Crippen molar-refractivity contribution in [2.24, 2.45) is 5.73 Å². The Bertz CT molecular complexity index is 704. The zero-order chi connectivity index (χ0) is 18.9. The van der Waals surface area contributed by atoms with E-state index in [2.05, 4.69) is 0 Å². The van der Waals surface area contributed by atoms with Crippen LogP contribution in [0, 0.1) is 0 Å². The monoisotopic (exact) mass is 379 g/mol. The van der Waals surface area contributed by atoms with Crippen LogP contribution in [0.25, 0.3) is 0 Å². The largest absolute Gasteiger partial charge is 0.419 e. The fourth-order valence-corrected chi connectivity index (χ4v) is 3.78. The summed E-state index contributed by atoms with van der Waals surface area (Å²) in [5.74, 6) is -1.49. The number of halogens is 1. The van der Waals surface area contributed by atoms with Gasteiger partial charge in [0.05, 0.1) is 0 Å². The highest BCUT2D eigenvalue weighted by atomic mass is 35.5. The van der Waals surface area contributed by atoms with Gasteiger partial charge in [0, 0.05) is 28.6 Å². The number of carbonyl (C=O) groups is 2. The van der Waals surface area contributed by atoms with Crippen LogP contribution in [0.3, 0.4) is 0 Å². The number of benzene rings is 1. The van der Waals surface area contributed by atoms with Crippen molar-refractivity contribution >= 4 is 23.5 Å². The number of esters is 2. The summed E-state index contributed by atoms with van der Waals surface area (Å²) in [7, 11) is 0. The molecule has 7 heteroatoms. The Labute approximate surface area is 156 Å². The lowest BCUT2D eigenvalue weighted by Crippen LogP contribution is -2.56. The molecule has 1 aromatic carbocycles. The molecule has 1 fully saturated rings. The normalized spacial score (nSPS) is 23.2. The lowest BCUT2D eigenvalue weighted by atomic mass is 9.59. The van der Waals surface area contributed by atoms with E-state index in [-0.39, 0.29) is 11.8 Å². The maximum absolute atomic E-state index is 11.6. The van der Waals surface area contributed by atoms with Crippen molar-refractivity contribution in [3.05, 3.63) is 47.0 Å². The second kappa shape index (κ2) is 7.02. The van der Waals surface area contributed by atoms with Gasteiger partial charge in [0.2, 0.25) is 0 Å². The lowest BCUT2D eigenvalue weighted by molar-refractivity contribution is -0.223. The number of carbonyl (C=O) groups excluding carboxylic acids is 2. The highest BCUT2D eigenvalue weighted by Crippen LogP contribution is 2.48. The van der Waals surface area contributed by atoms with Crippen LogP contribution < -0.4 is 5.73 Å². The summed E-state index contributed by atoms with van der Waals surface area (Å²) in [6.45, 7) is 1.46. The highest BCUT2D eigenvalue weighted by molar-refractivity contribution is 6.30. The first-order chi connectivity index (χ1) is 12.2. The van der Waals surface area contributed by atoms with Gasteiger partial charge in [-0.05, 0) is 43.9 Å². The Balaban J connectivity index is 1.78. The fraction of sp³-hybridized carbons (Fsp3) is 0.474. The molecule has 1 heterocycles. The van der Waals surface area contributed by atoms with Gasteiger partial charge in [-0.1, -0.05) is 30.2 Å². The molecule has 0 aromatic heterocycles. The molecule has 1 aliphatic heterocycles. The van der Waals surface area contributed by atoms with Crippen LogP contribution in [-0.2, 0) is 24.5 Å². The van der Waals surface area contributed by atoms with Crippen LogP contribution in [0.15, 0.2) is 36.4 Å². The maximum Gasteiger partial charge on any atom is 0.334 e. The minimum Gasteiger partial charge on any atom is -0.419 e. The van der Waals surface area contributed by atoms with Crippen molar-refractivity contribution in [1.29, 1.82) is 0 Å². The second-order valence-electron chi connectivity index (χ2n) is 7.22. The Morgan fingerprint density at radius 1 is 1.23 bits per heavy atom. The number of aliphatic hydroxyl groups is 1. The molecule has 0 saturated heterocycles. The van der Waals surface area contributed by atoms with Gasteiger partial charge in [-0.3, -0.25) is 0 Å². The van der Waals surface area contributed by atoms with Crippen LogP contribution in [-0.4, -0.2) is 35.0 Å². The molecular weight excluding hydrogens is 358 g/mol. The number of ether oxygens (including phenoxy) is 2. The molecule has 0 amide bonds. The molecule has 0 bridgehead atoms.